The largest absolute Gasteiger partial charge is 0.518 e. The van der Waals surface area contributed by atoms with Gasteiger partial charge in [0, 0.05) is 13.1 Å². The quantitative estimate of drug-likeness (QED) is 0.469. The van der Waals surface area contributed by atoms with Crippen LogP contribution in [0, 0.1) is 0 Å². The molecule has 0 spiro atoms. The van der Waals surface area contributed by atoms with E-state index >= 15 is 0 Å². The minimum absolute atomic E-state index is 0.631. The molecule has 0 bridgehead atoms. The first kappa shape index (κ1) is 19.1. The molecule has 0 aromatic heterocycles. The Morgan fingerprint density at radius 1 is 0.840 bits per heavy atom. The van der Waals surface area contributed by atoms with Crippen LogP contribution < -0.4 is 0 Å². The molecule has 0 radical (unpaired) electrons. The zero-order valence-corrected chi connectivity index (χ0v) is 17.0. The molecule has 0 aliphatic heterocycles. The molecule has 0 aliphatic carbocycles. The van der Waals surface area contributed by atoms with Gasteiger partial charge < -0.3 is 14.1 Å². The zero-order valence-electron chi connectivity index (χ0n) is 16.0. The predicted molar refractivity (Wildman–Crippen MR) is 106 cm³/mol. The highest BCUT2D eigenvalue weighted by atomic mass is 28.4. The van der Waals surface area contributed by atoms with Crippen molar-refractivity contribution in [3.05, 3.63) is 83.4 Å². The predicted octanol–water partition coefficient (Wildman–Crippen LogP) is 5.38. The third-order valence-corrected chi connectivity index (χ3v) is 4.58. The van der Waals surface area contributed by atoms with Gasteiger partial charge in [-0.1, -0.05) is 60.7 Å². The minimum atomic E-state index is -1.74. The number of nitrogens with zero attached hydrogens (tertiary/aromatic N) is 1. The summed E-state index contributed by atoms with van der Waals surface area (Å²) in [6, 6.07) is 21.0. The van der Waals surface area contributed by atoms with E-state index in [1.807, 2.05) is 12.1 Å². The van der Waals surface area contributed by atoms with Gasteiger partial charge in [0.25, 0.3) is 5.95 Å². The van der Waals surface area contributed by atoms with Crippen molar-refractivity contribution in [3.8, 4) is 0 Å². The summed E-state index contributed by atoms with van der Waals surface area (Å²) in [4.78, 5) is 2.31. The first-order chi connectivity index (χ1) is 11.9. The van der Waals surface area contributed by atoms with Gasteiger partial charge in [-0.25, -0.2) is 0 Å². The Balaban J connectivity index is 2.31. The number of methoxy groups -OCH3 is 1. The van der Waals surface area contributed by atoms with Crippen LogP contribution in [0.1, 0.15) is 18.1 Å². The molecule has 134 valence electrons. The number of hydrogen-bond donors (Lipinski definition) is 0. The van der Waals surface area contributed by atoms with E-state index in [4.69, 9.17) is 9.16 Å². The van der Waals surface area contributed by atoms with Gasteiger partial charge in [-0.3, -0.25) is 0 Å². The van der Waals surface area contributed by atoms with Crippen LogP contribution in [0.3, 0.4) is 0 Å². The average Bonchev–Trinajstić information content (AvgIpc) is 2.59. The highest BCUT2D eigenvalue weighted by Crippen LogP contribution is 2.22. The van der Waals surface area contributed by atoms with E-state index in [-0.39, 0.29) is 0 Å². The van der Waals surface area contributed by atoms with Crippen LogP contribution in [-0.4, -0.2) is 20.3 Å². The Labute approximate surface area is 153 Å². The normalized spacial score (nSPS) is 12.4. The van der Waals surface area contributed by atoms with E-state index in [0.717, 1.165) is 18.8 Å². The zero-order chi connectivity index (χ0) is 18.3. The topological polar surface area (TPSA) is 21.7 Å². The molecule has 0 aliphatic rings. The summed E-state index contributed by atoms with van der Waals surface area (Å²) in [5.74, 6) is 0.631. The maximum Gasteiger partial charge on any atom is 0.284 e. The van der Waals surface area contributed by atoms with Crippen LogP contribution >= 0.6 is 0 Å². The van der Waals surface area contributed by atoms with Gasteiger partial charge in [-0.15, -0.1) is 0 Å². The van der Waals surface area contributed by atoms with Crippen molar-refractivity contribution in [2.75, 3.05) is 7.11 Å². The molecule has 0 saturated heterocycles. The summed E-state index contributed by atoms with van der Waals surface area (Å²) in [7, 11) is -0.0608. The van der Waals surface area contributed by atoms with Crippen molar-refractivity contribution in [2.24, 2.45) is 0 Å². The summed E-state index contributed by atoms with van der Waals surface area (Å²) in [6.07, 6.45) is 0. The lowest BCUT2D eigenvalue weighted by Crippen LogP contribution is -2.29. The molecular weight excluding hydrogens is 326 g/mol. The summed E-state index contributed by atoms with van der Waals surface area (Å²) in [6.45, 7) is 10.2. The molecule has 4 heteroatoms. The smallest absolute Gasteiger partial charge is 0.284 e. The highest BCUT2D eigenvalue weighted by Gasteiger charge is 2.22. The molecule has 0 atom stereocenters. The van der Waals surface area contributed by atoms with Crippen molar-refractivity contribution in [1.82, 2.24) is 4.90 Å². The second kappa shape index (κ2) is 8.76. The number of rotatable bonds is 8. The minimum Gasteiger partial charge on any atom is -0.518 e. The molecule has 0 saturated carbocycles. The van der Waals surface area contributed by atoms with Gasteiger partial charge in [0.05, 0.1) is 12.8 Å². The molecular formula is C21H29NO2Si. The van der Waals surface area contributed by atoms with Gasteiger partial charge >= 0.3 is 0 Å². The van der Waals surface area contributed by atoms with Crippen LogP contribution in [0.2, 0.25) is 19.6 Å². The van der Waals surface area contributed by atoms with Crippen LogP contribution in [0.5, 0.6) is 0 Å². The standard InChI is InChI=1S/C21H29NO2Si/c1-18(21(23-2)24-25(3,4)5)22(16-19-12-8-6-9-13-19)17-20-14-10-7-11-15-20/h6-15H,16-17H2,1-5H3/b21-18-. The Hall–Kier alpha value is -2.20. The van der Waals surface area contributed by atoms with E-state index in [1.165, 1.54) is 11.1 Å². The fraction of sp³-hybridized carbons (Fsp3) is 0.333. The molecule has 0 amide bonds. The van der Waals surface area contributed by atoms with E-state index in [2.05, 4.69) is 80.0 Å². The highest BCUT2D eigenvalue weighted by molar-refractivity contribution is 6.70. The first-order valence-corrected chi connectivity index (χ1v) is 12.1. The fourth-order valence-corrected chi connectivity index (χ4v) is 3.36. The van der Waals surface area contributed by atoms with Crippen molar-refractivity contribution in [1.29, 1.82) is 0 Å². The molecule has 2 aromatic carbocycles. The second-order valence-corrected chi connectivity index (χ2v) is 11.5. The molecule has 0 fully saturated rings. The Morgan fingerprint density at radius 3 is 1.64 bits per heavy atom. The maximum absolute atomic E-state index is 6.16. The van der Waals surface area contributed by atoms with Crippen molar-refractivity contribution in [2.45, 2.75) is 39.7 Å². The summed E-state index contributed by atoms with van der Waals surface area (Å²) in [5, 5.41) is 0. The van der Waals surface area contributed by atoms with E-state index in [0.29, 0.717) is 5.95 Å². The van der Waals surface area contributed by atoms with Gasteiger partial charge in [-0.05, 0) is 37.7 Å². The molecule has 3 nitrogen and oxygen atoms in total. The molecule has 0 N–H and O–H groups in total. The third-order valence-electron chi connectivity index (χ3n) is 3.79. The van der Waals surface area contributed by atoms with Crippen molar-refractivity contribution >= 4 is 8.32 Å². The fourth-order valence-electron chi connectivity index (χ4n) is 2.57. The Morgan fingerprint density at radius 2 is 1.28 bits per heavy atom. The lowest BCUT2D eigenvalue weighted by molar-refractivity contribution is 0.124. The maximum atomic E-state index is 6.16. The van der Waals surface area contributed by atoms with Crippen LogP contribution in [0.15, 0.2) is 72.3 Å². The van der Waals surface area contributed by atoms with Crippen LogP contribution in [0.4, 0.5) is 0 Å². The van der Waals surface area contributed by atoms with Gasteiger partial charge in [0.15, 0.2) is 0 Å². The Bertz CT molecular complexity index is 637. The van der Waals surface area contributed by atoms with Crippen LogP contribution in [0.25, 0.3) is 0 Å². The molecule has 25 heavy (non-hydrogen) atoms. The monoisotopic (exact) mass is 355 g/mol. The lowest BCUT2D eigenvalue weighted by Gasteiger charge is -2.29. The first-order valence-electron chi connectivity index (χ1n) is 8.66. The summed E-state index contributed by atoms with van der Waals surface area (Å²) >= 11 is 0. The number of ether oxygens (including phenoxy) is 1. The molecule has 2 aromatic rings. The number of allylic oxidation sites excluding steroid dienone is 1. The van der Waals surface area contributed by atoms with E-state index in [9.17, 15) is 0 Å². The second-order valence-electron chi connectivity index (χ2n) is 7.12. The molecule has 0 heterocycles. The lowest BCUT2D eigenvalue weighted by atomic mass is 10.1. The van der Waals surface area contributed by atoms with Crippen molar-refractivity contribution in [3.63, 3.8) is 0 Å². The molecule has 2 rings (SSSR count). The van der Waals surface area contributed by atoms with Crippen LogP contribution in [-0.2, 0) is 22.3 Å². The number of benzene rings is 2. The number of hydrogen-bond acceptors (Lipinski definition) is 3. The van der Waals surface area contributed by atoms with E-state index in [1.54, 1.807) is 7.11 Å². The summed E-state index contributed by atoms with van der Waals surface area (Å²) in [5.41, 5.74) is 3.56. The third kappa shape index (κ3) is 6.31. The molecule has 0 unspecified atom stereocenters. The van der Waals surface area contributed by atoms with Crippen molar-refractivity contribution < 1.29 is 9.16 Å². The van der Waals surface area contributed by atoms with E-state index < -0.39 is 8.32 Å². The Kier molecular flexibility index (Phi) is 6.71. The summed E-state index contributed by atoms with van der Waals surface area (Å²) < 4.78 is 11.8. The van der Waals surface area contributed by atoms with Gasteiger partial charge in [-0.2, -0.15) is 0 Å². The SMILES string of the molecule is CO/C(O[Si](C)(C)C)=C(\C)N(Cc1ccccc1)Cc1ccccc1. The van der Waals surface area contributed by atoms with Gasteiger partial charge in [0.1, 0.15) is 0 Å². The average molecular weight is 356 g/mol. The van der Waals surface area contributed by atoms with Gasteiger partial charge in [0.2, 0.25) is 8.32 Å².